The SMILES string of the molecule is CCC1CCC(c2ccc3c(F)c(C#Cc4ccc(C#N)cc4)ccc3c2)CC1. The molecule has 0 spiro atoms. The van der Waals surface area contributed by atoms with E-state index in [1.54, 1.807) is 30.3 Å². The van der Waals surface area contributed by atoms with Gasteiger partial charge in [0.2, 0.25) is 0 Å². The second kappa shape index (κ2) is 8.50. The average Bonchev–Trinajstić information content (AvgIpc) is 2.79. The number of fused-ring (bicyclic) bond motifs is 1. The lowest BCUT2D eigenvalue weighted by Gasteiger charge is -2.28. The lowest BCUT2D eigenvalue weighted by molar-refractivity contribution is 0.319. The standard InChI is InChI=1S/C27H24FN/c1-2-19-7-10-22(11-8-19)24-15-16-26-25(17-24)14-13-23(27(26)28)12-9-20-3-5-21(18-29)6-4-20/h3-6,13-17,19,22H,2,7-8,10-11H2,1H3. The molecule has 1 nitrogen and oxygen atoms in total. The van der Waals surface area contributed by atoms with E-state index in [0.29, 0.717) is 22.4 Å². The van der Waals surface area contributed by atoms with Crippen LogP contribution in [0.15, 0.2) is 54.6 Å². The maximum Gasteiger partial charge on any atom is 0.146 e. The number of hydrogen-bond donors (Lipinski definition) is 0. The first-order valence-corrected chi connectivity index (χ1v) is 10.4. The van der Waals surface area contributed by atoms with Crippen molar-refractivity contribution < 1.29 is 4.39 Å². The maximum absolute atomic E-state index is 15.0. The van der Waals surface area contributed by atoms with Crippen molar-refractivity contribution in [2.75, 3.05) is 0 Å². The highest BCUT2D eigenvalue weighted by atomic mass is 19.1. The number of benzene rings is 3. The van der Waals surface area contributed by atoms with Crippen LogP contribution in [-0.4, -0.2) is 0 Å². The van der Waals surface area contributed by atoms with Crippen LogP contribution in [0.25, 0.3) is 10.8 Å². The number of hydrogen-bond acceptors (Lipinski definition) is 1. The Morgan fingerprint density at radius 3 is 2.31 bits per heavy atom. The summed E-state index contributed by atoms with van der Waals surface area (Å²) in [5.41, 5.74) is 3.09. The van der Waals surface area contributed by atoms with Crippen molar-refractivity contribution in [3.63, 3.8) is 0 Å². The van der Waals surface area contributed by atoms with Crippen molar-refractivity contribution >= 4 is 10.8 Å². The van der Waals surface area contributed by atoms with Crippen molar-refractivity contribution in [3.05, 3.63) is 82.7 Å². The predicted molar refractivity (Wildman–Crippen MR) is 116 cm³/mol. The minimum Gasteiger partial charge on any atom is -0.205 e. The zero-order valence-electron chi connectivity index (χ0n) is 16.7. The molecular weight excluding hydrogens is 357 g/mol. The van der Waals surface area contributed by atoms with E-state index in [1.165, 1.54) is 37.7 Å². The Hall–Kier alpha value is -3.10. The zero-order valence-corrected chi connectivity index (χ0v) is 16.7. The van der Waals surface area contributed by atoms with Crippen molar-refractivity contribution in [1.82, 2.24) is 0 Å². The minimum atomic E-state index is -0.259. The Kier molecular flexibility index (Phi) is 5.64. The van der Waals surface area contributed by atoms with Crippen LogP contribution in [0.1, 0.15) is 67.2 Å². The van der Waals surface area contributed by atoms with Crippen molar-refractivity contribution in [2.45, 2.75) is 44.9 Å². The van der Waals surface area contributed by atoms with Crippen molar-refractivity contribution in [1.29, 1.82) is 5.26 Å². The van der Waals surface area contributed by atoms with E-state index in [9.17, 15) is 0 Å². The van der Waals surface area contributed by atoms with Crippen LogP contribution in [0.2, 0.25) is 0 Å². The molecule has 0 N–H and O–H groups in total. The molecule has 1 fully saturated rings. The summed E-state index contributed by atoms with van der Waals surface area (Å²) in [7, 11) is 0. The summed E-state index contributed by atoms with van der Waals surface area (Å²) in [6, 6.07) is 19.0. The van der Waals surface area contributed by atoms with Crippen LogP contribution < -0.4 is 0 Å². The molecule has 0 heterocycles. The second-order valence-electron chi connectivity index (χ2n) is 7.97. The Morgan fingerprint density at radius 2 is 1.62 bits per heavy atom. The van der Waals surface area contributed by atoms with Gasteiger partial charge in [0.25, 0.3) is 0 Å². The Bertz CT molecular complexity index is 1120. The van der Waals surface area contributed by atoms with E-state index in [-0.39, 0.29) is 5.82 Å². The van der Waals surface area contributed by atoms with E-state index in [0.717, 1.165) is 16.9 Å². The quantitative estimate of drug-likeness (QED) is 0.441. The molecular formula is C27H24FN. The van der Waals surface area contributed by atoms with Gasteiger partial charge in [-0.1, -0.05) is 49.5 Å². The number of rotatable bonds is 2. The van der Waals surface area contributed by atoms with Crippen LogP contribution in [0.5, 0.6) is 0 Å². The molecule has 0 aliphatic heterocycles. The lowest BCUT2D eigenvalue weighted by atomic mass is 9.77. The minimum absolute atomic E-state index is 0.259. The fourth-order valence-corrected chi connectivity index (χ4v) is 4.33. The topological polar surface area (TPSA) is 23.8 Å². The fraction of sp³-hybridized carbons (Fsp3) is 0.296. The van der Waals surface area contributed by atoms with E-state index in [2.05, 4.69) is 37.0 Å². The number of nitriles is 1. The molecule has 0 radical (unpaired) electrons. The normalized spacial score (nSPS) is 18.7. The average molecular weight is 381 g/mol. The van der Waals surface area contributed by atoms with Gasteiger partial charge in [0, 0.05) is 10.9 Å². The summed E-state index contributed by atoms with van der Waals surface area (Å²) in [4.78, 5) is 0. The third-order valence-electron chi connectivity index (χ3n) is 6.23. The van der Waals surface area contributed by atoms with Crippen LogP contribution in [0, 0.1) is 34.9 Å². The molecule has 3 aromatic rings. The molecule has 0 amide bonds. The van der Waals surface area contributed by atoms with E-state index >= 15 is 4.39 Å². The van der Waals surface area contributed by atoms with Crippen molar-refractivity contribution in [3.8, 4) is 17.9 Å². The molecule has 0 aromatic heterocycles. The highest BCUT2D eigenvalue weighted by molar-refractivity contribution is 5.85. The highest BCUT2D eigenvalue weighted by Gasteiger charge is 2.21. The molecule has 3 aromatic carbocycles. The van der Waals surface area contributed by atoms with E-state index in [1.807, 2.05) is 12.1 Å². The molecule has 29 heavy (non-hydrogen) atoms. The first kappa shape index (κ1) is 19.2. The largest absolute Gasteiger partial charge is 0.205 e. The smallest absolute Gasteiger partial charge is 0.146 e. The van der Waals surface area contributed by atoms with Crippen LogP contribution in [0.3, 0.4) is 0 Å². The summed E-state index contributed by atoms with van der Waals surface area (Å²) in [6.07, 6.45) is 6.36. The first-order chi connectivity index (χ1) is 14.2. The fourth-order valence-electron chi connectivity index (χ4n) is 4.33. The molecule has 0 saturated heterocycles. The van der Waals surface area contributed by atoms with Gasteiger partial charge in [-0.25, -0.2) is 4.39 Å². The van der Waals surface area contributed by atoms with Gasteiger partial charge in [0.05, 0.1) is 17.2 Å². The van der Waals surface area contributed by atoms with Gasteiger partial charge in [0.1, 0.15) is 5.82 Å². The maximum atomic E-state index is 15.0. The van der Waals surface area contributed by atoms with Crippen molar-refractivity contribution in [2.24, 2.45) is 5.92 Å². The highest BCUT2D eigenvalue weighted by Crippen LogP contribution is 2.38. The number of nitrogens with zero attached hydrogens (tertiary/aromatic N) is 1. The van der Waals surface area contributed by atoms with Gasteiger partial charge < -0.3 is 0 Å². The lowest BCUT2D eigenvalue weighted by Crippen LogP contribution is -2.12. The summed E-state index contributed by atoms with van der Waals surface area (Å²) in [5.74, 6) is 7.15. The third-order valence-corrected chi connectivity index (χ3v) is 6.23. The molecule has 4 rings (SSSR count). The van der Waals surface area contributed by atoms with E-state index < -0.39 is 0 Å². The van der Waals surface area contributed by atoms with E-state index in [4.69, 9.17) is 5.26 Å². The molecule has 0 unspecified atom stereocenters. The zero-order chi connectivity index (χ0) is 20.2. The molecule has 1 aliphatic carbocycles. The molecule has 2 heteroatoms. The second-order valence-corrected chi connectivity index (χ2v) is 7.97. The van der Waals surface area contributed by atoms with Gasteiger partial charge in [-0.05, 0) is 78.8 Å². The summed E-state index contributed by atoms with van der Waals surface area (Å²) in [6.45, 7) is 2.28. The Morgan fingerprint density at radius 1 is 0.897 bits per heavy atom. The van der Waals surface area contributed by atoms with Crippen LogP contribution in [-0.2, 0) is 0 Å². The molecule has 0 atom stereocenters. The predicted octanol–water partition coefficient (Wildman–Crippen LogP) is 6.93. The Balaban J connectivity index is 1.58. The monoisotopic (exact) mass is 381 g/mol. The Labute approximate surface area is 172 Å². The number of halogens is 1. The van der Waals surface area contributed by atoms with Gasteiger partial charge in [-0.2, -0.15) is 5.26 Å². The third kappa shape index (κ3) is 4.18. The summed E-state index contributed by atoms with van der Waals surface area (Å²) >= 11 is 0. The summed E-state index contributed by atoms with van der Waals surface area (Å²) in [5, 5.41) is 10.4. The van der Waals surface area contributed by atoms with Gasteiger partial charge in [-0.15, -0.1) is 0 Å². The van der Waals surface area contributed by atoms with Gasteiger partial charge in [-0.3, -0.25) is 0 Å². The summed E-state index contributed by atoms with van der Waals surface area (Å²) < 4.78 is 15.0. The molecule has 1 saturated carbocycles. The van der Waals surface area contributed by atoms with Gasteiger partial charge in [0.15, 0.2) is 0 Å². The molecule has 0 bridgehead atoms. The van der Waals surface area contributed by atoms with Crippen LogP contribution in [0.4, 0.5) is 4.39 Å². The molecule has 144 valence electrons. The first-order valence-electron chi connectivity index (χ1n) is 10.4. The molecule has 1 aliphatic rings. The van der Waals surface area contributed by atoms with Crippen LogP contribution >= 0.6 is 0 Å². The van der Waals surface area contributed by atoms with Gasteiger partial charge >= 0.3 is 0 Å².